The van der Waals surface area contributed by atoms with Gasteiger partial charge in [0.15, 0.2) is 0 Å². The van der Waals surface area contributed by atoms with E-state index in [0.29, 0.717) is 29.9 Å². The minimum atomic E-state index is -0.219. The van der Waals surface area contributed by atoms with Crippen LogP contribution in [-0.2, 0) is 0 Å². The molecule has 0 aromatic heterocycles. The van der Waals surface area contributed by atoms with Crippen LogP contribution in [-0.4, -0.2) is 28.8 Å². The average molecular weight is 331 g/mol. The predicted molar refractivity (Wildman–Crippen MR) is 93.8 cm³/mol. The lowest BCUT2D eigenvalue weighted by Gasteiger charge is -2.45. The van der Waals surface area contributed by atoms with Crippen LogP contribution in [0.1, 0.15) is 56.3 Å². The molecule has 2 saturated carbocycles. The molecule has 3 N–H and O–H groups in total. The largest absolute Gasteiger partial charge is 0.507 e. The molecular weight excluding hydrogens is 302 g/mol. The van der Waals surface area contributed by atoms with Gasteiger partial charge in [0.25, 0.3) is 5.91 Å². The summed E-state index contributed by atoms with van der Waals surface area (Å²) in [5.41, 5.74) is 0.518. The number of aliphatic hydroxyl groups is 1. The van der Waals surface area contributed by atoms with Gasteiger partial charge in [0.2, 0.25) is 0 Å². The van der Waals surface area contributed by atoms with Gasteiger partial charge in [0, 0.05) is 6.54 Å². The van der Waals surface area contributed by atoms with E-state index in [-0.39, 0.29) is 23.2 Å². The molecule has 1 aromatic rings. The fourth-order valence-corrected chi connectivity index (χ4v) is 5.28. The summed E-state index contributed by atoms with van der Waals surface area (Å²) < 4.78 is 0. The van der Waals surface area contributed by atoms with E-state index in [1.807, 2.05) is 0 Å². The second-order valence-corrected chi connectivity index (χ2v) is 7.96. The van der Waals surface area contributed by atoms with E-state index in [2.05, 4.69) is 19.2 Å². The number of hydrogen-bond donors (Lipinski definition) is 3. The van der Waals surface area contributed by atoms with Crippen LogP contribution in [0.15, 0.2) is 24.3 Å². The molecule has 0 spiro atoms. The van der Waals surface area contributed by atoms with Crippen molar-refractivity contribution in [2.75, 3.05) is 6.54 Å². The summed E-state index contributed by atoms with van der Waals surface area (Å²) in [5.74, 6) is 1.10. The second kappa shape index (κ2) is 6.75. The molecule has 4 heteroatoms. The van der Waals surface area contributed by atoms with Gasteiger partial charge in [-0.2, -0.15) is 0 Å². The highest BCUT2D eigenvalue weighted by atomic mass is 16.3. The van der Waals surface area contributed by atoms with Gasteiger partial charge in [-0.05, 0) is 61.0 Å². The number of hydrogen-bond acceptors (Lipinski definition) is 3. The second-order valence-electron chi connectivity index (χ2n) is 7.96. The van der Waals surface area contributed by atoms with E-state index in [4.69, 9.17) is 0 Å². The van der Waals surface area contributed by atoms with E-state index in [1.165, 1.54) is 12.5 Å². The maximum atomic E-state index is 12.3. The van der Waals surface area contributed by atoms with Crippen molar-refractivity contribution in [3.63, 3.8) is 0 Å². The summed E-state index contributed by atoms with van der Waals surface area (Å²) in [7, 11) is 0. The maximum Gasteiger partial charge on any atom is 0.255 e. The first-order valence-electron chi connectivity index (χ1n) is 9.17. The Kier molecular flexibility index (Phi) is 4.86. The third kappa shape index (κ3) is 3.04. The molecule has 24 heavy (non-hydrogen) atoms. The van der Waals surface area contributed by atoms with E-state index >= 15 is 0 Å². The molecule has 132 valence electrons. The van der Waals surface area contributed by atoms with Crippen molar-refractivity contribution in [2.45, 2.75) is 52.1 Å². The van der Waals surface area contributed by atoms with Crippen LogP contribution in [0.3, 0.4) is 0 Å². The molecule has 2 aliphatic rings. The third-order valence-electron chi connectivity index (χ3n) is 6.58. The maximum absolute atomic E-state index is 12.3. The molecule has 2 fully saturated rings. The van der Waals surface area contributed by atoms with Crippen LogP contribution in [0.5, 0.6) is 5.75 Å². The zero-order chi connectivity index (χ0) is 17.3. The van der Waals surface area contributed by atoms with Gasteiger partial charge >= 0.3 is 0 Å². The number of rotatable bonds is 4. The first kappa shape index (κ1) is 17.3. The Morgan fingerprint density at radius 1 is 1.33 bits per heavy atom. The number of para-hydroxylation sites is 1. The molecule has 0 saturated heterocycles. The molecule has 5 atom stereocenters. The van der Waals surface area contributed by atoms with Gasteiger partial charge in [-0.3, -0.25) is 4.79 Å². The number of nitrogens with one attached hydrogen (secondary N) is 1. The van der Waals surface area contributed by atoms with Crippen molar-refractivity contribution in [3.8, 4) is 5.75 Å². The van der Waals surface area contributed by atoms with Crippen LogP contribution in [0.4, 0.5) is 0 Å². The van der Waals surface area contributed by atoms with Crippen LogP contribution in [0.2, 0.25) is 0 Å². The lowest BCUT2D eigenvalue weighted by molar-refractivity contribution is -0.0267. The van der Waals surface area contributed by atoms with Gasteiger partial charge in [-0.1, -0.05) is 32.4 Å². The Hall–Kier alpha value is -1.55. The van der Waals surface area contributed by atoms with Gasteiger partial charge in [0.05, 0.1) is 11.7 Å². The summed E-state index contributed by atoms with van der Waals surface area (Å²) in [5, 5.41) is 23.1. The van der Waals surface area contributed by atoms with Crippen molar-refractivity contribution in [1.29, 1.82) is 0 Å². The molecule has 0 aliphatic heterocycles. The highest BCUT2D eigenvalue weighted by Crippen LogP contribution is 2.57. The molecule has 1 amide bonds. The predicted octanol–water partition coefficient (Wildman–Crippen LogP) is 3.34. The summed E-state index contributed by atoms with van der Waals surface area (Å²) in [4.78, 5) is 12.3. The number of fused-ring (bicyclic) bond motifs is 1. The first-order valence-corrected chi connectivity index (χ1v) is 9.17. The van der Waals surface area contributed by atoms with Crippen molar-refractivity contribution < 1.29 is 15.0 Å². The molecule has 2 aliphatic carbocycles. The van der Waals surface area contributed by atoms with E-state index in [1.54, 1.807) is 18.2 Å². The van der Waals surface area contributed by atoms with E-state index < -0.39 is 0 Å². The zero-order valence-corrected chi connectivity index (χ0v) is 14.7. The van der Waals surface area contributed by atoms with E-state index in [9.17, 15) is 15.0 Å². The van der Waals surface area contributed by atoms with Crippen molar-refractivity contribution in [1.82, 2.24) is 5.32 Å². The SMILES string of the molecule is C[C@H](CNC(=O)c1ccccc1O)[C@H]1CC[C@H]2[C@@H](O)CCC[C@]12C. The quantitative estimate of drug-likeness (QED) is 0.792. The Labute approximate surface area is 144 Å². The summed E-state index contributed by atoms with van der Waals surface area (Å²) >= 11 is 0. The average Bonchev–Trinajstić information content (AvgIpc) is 2.91. The number of aromatic hydroxyl groups is 1. The van der Waals surface area contributed by atoms with Gasteiger partial charge < -0.3 is 15.5 Å². The van der Waals surface area contributed by atoms with Gasteiger partial charge in [0.1, 0.15) is 5.75 Å². The van der Waals surface area contributed by atoms with Crippen LogP contribution in [0.25, 0.3) is 0 Å². The minimum absolute atomic E-state index is 0.0194. The minimum Gasteiger partial charge on any atom is -0.507 e. The van der Waals surface area contributed by atoms with Gasteiger partial charge in [-0.15, -0.1) is 0 Å². The van der Waals surface area contributed by atoms with Crippen LogP contribution >= 0.6 is 0 Å². The summed E-state index contributed by atoms with van der Waals surface area (Å²) in [6.45, 7) is 5.14. The molecule has 4 nitrogen and oxygen atoms in total. The number of aliphatic hydroxyl groups excluding tert-OH is 1. The lowest BCUT2D eigenvalue weighted by atomic mass is 9.62. The van der Waals surface area contributed by atoms with Crippen LogP contribution < -0.4 is 5.32 Å². The standard InChI is InChI=1S/C20H29NO3/c1-13(12-21-19(24)14-6-3-4-7-17(14)22)15-9-10-16-18(23)8-5-11-20(15,16)2/h3-4,6-7,13,15-16,18,22-23H,5,8-12H2,1-2H3,(H,21,24)/t13-,15-,16+,18+,20-/m1/s1. The number of carbonyl (C=O) groups is 1. The molecule has 3 rings (SSSR count). The zero-order valence-electron chi connectivity index (χ0n) is 14.7. The fraction of sp³-hybridized carbons (Fsp3) is 0.650. The Bertz CT molecular complexity index is 602. The number of phenolic OH excluding ortho intramolecular Hbond substituents is 1. The summed E-state index contributed by atoms with van der Waals surface area (Å²) in [6.07, 6.45) is 5.28. The van der Waals surface area contributed by atoms with Crippen molar-refractivity contribution >= 4 is 5.91 Å². The Balaban J connectivity index is 1.62. The smallest absolute Gasteiger partial charge is 0.255 e. The molecule has 0 radical (unpaired) electrons. The molecule has 0 unspecified atom stereocenters. The number of amides is 1. The molecular formula is C20H29NO3. The van der Waals surface area contributed by atoms with Crippen LogP contribution in [0, 0.1) is 23.2 Å². The lowest BCUT2D eigenvalue weighted by Crippen LogP contribution is -2.43. The number of benzene rings is 1. The molecule has 0 bridgehead atoms. The number of phenols is 1. The Morgan fingerprint density at radius 2 is 2.08 bits per heavy atom. The number of carbonyl (C=O) groups excluding carboxylic acids is 1. The van der Waals surface area contributed by atoms with Crippen molar-refractivity contribution in [3.05, 3.63) is 29.8 Å². The summed E-state index contributed by atoms with van der Waals surface area (Å²) in [6, 6.07) is 6.64. The van der Waals surface area contributed by atoms with Gasteiger partial charge in [-0.25, -0.2) is 0 Å². The molecule has 1 aromatic carbocycles. The fourth-order valence-electron chi connectivity index (χ4n) is 5.28. The van der Waals surface area contributed by atoms with E-state index in [0.717, 1.165) is 25.7 Å². The highest BCUT2D eigenvalue weighted by molar-refractivity contribution is 5.96. The third-order valence-corrected chi connectivity index (χ3v) is 6.58. The Morgan fingerprint density at radius 3 is 2.83 bits per heavy atom. The first-order chi connectivity index (χ1) is 11.4. The highest BCUT2D eigenvalue weighted by Gasteiger charge is 2.52. The molecule has 0 heterocycles. The van der Waals surface area contributed by atoms with Crippen molar-refractivity contribution in [2.24, 2.45) is 23.2 Å². The normalized spacial score (nSPS) is 33.7. The monoisotopic (exact) mass is 331 g/mol. The topological polar surface area (TPSA) is 69.6 Å².